The van der Waals surface area contributed by atoms with Crippen LogP contribution in [0, 0.1) is 0 Å². The fraction of sp³-hybridized carbons (Fsp3) is 0.375. The highest BCUT2D eigenvalue weighted by molar-refractivity contribution is 5.86. The molecule has 7 heteroatoms. The summed E-state index contributed by atoms with van der Waals surface area (Å²) in [5.74, 6) is -1.48. The Balaban J connectivity index is 1.56. The molecule has 0 heterocycles. The van der Waals surface area contributed by atoms with Crippen molar-refractivity contribution in [1.82, 2.24) is 10.6 Å². The predicted molar refractivity (Wildman–Crippen MR) is 117 cm³/mol. The molecule has 0 saturated heterocycles. The van der Waals surface area contributed by atoms with E-state index in [1.54, 1.807) is 6.92 Å². The first-order valence-electron chi connectivity index (χ1n) is 10.5. The molecule has 0 aromatic heterocycles. The Morgan fingerprint density at radius 3 is 2.13 bits per heavy atom. The molecule has 0 radical (unpaired) electrons. The summed E-state index contributed by atoms with van der Waals surface area (Å²) in [5, 5.41) is 14.2. The highest BCUT2D eigenvalue weighted by Gasteiger charge is 2.29. The highest BCUT2D eigenvalue weighted by Crippen LogP contribution is 2.44. The molecule has 2 atom stereocenters. The molecule has 3 rings (SSSR count). The Kier molecular flexibility index (Phi) is 7.28. The Labute approximate surface area is 181 Å². The third-order valence-electron chi connectivity index (χ3n) is 5.48. The maximum absolute atomic E-state index is 12.4. The summed E-state index contributed by atoms with van der Waals surface area (Å²) in [7, 11) is 0. The van der Waals surface area contributed by atoms with Crippen molar-refractivity contribution in [2.75, 3.05) is 6.61 Å². The minimum Gasteiger partial charge on any atom is -0.481 e. The number of nitrogens with one attached hydrogen (secondary N) is 2. The Morgan fingerprint density at radius 2 is 1.58 bits per heavy atom. The lowest BCUT2D eigenvalue weighted by Crippen LogP contribution is -2.48. The summed E-state index contributed by atoms with van der Waals surface area (Å²) >= 11 is 0. The highest BCUT2D eigenvalue weighted by atomic mass is 16.5. The Morgan fingerprint density at radius 1 is 1.00 bits per heavy atom. The SMILES string of the molecule is CCC[C@H](CC(=O)O)NC(=O)[C@H](C)NC(=O)OCC1c2ccccc2-c2ccccc21. The number of carbonyl (C=O) groups excluding carboxylic acids is 2. The molecule has 31 heavy (non-hydrogen) atoms. The van der Waals surface area contributed by atoms with Gasteiger partial charge in [0.15, 0.2) is 0 Å². The fourth-order valence-electron chi connectivity index (χ4n) is 3.99. The molecule has 0 spiro atoms. The van der Waals surface area contributed by atoms with Gasteiger partial charge in [0.25, 0.3) is 0 Å². The molecule has 0 bridgehead atoms. The number of carboxylic acid groups (broad SMARTS) is 1. The second-order valence-corrected chi connectivity index (χ2v) is 7.78. The number of amides is 2. The molecule has 0 saturated carbocycles. The molecule has 3 N–H and O–H groups in total. The third kappa shape index (κ3) is 5.42. The number of benzene rings is 2. The van der Waals surface area contributed by atoms with E-state index < -0.39 is 30.1 Å². The van der Waals surface area contributed by atoms with Gasteiger partial charge in [0.05, 0.1) is 6.42 Å². The average molecular weight is 424 g/mol. The number of rotatable bonds is 9. The molecule has 1 aliphatic rings. The van der Waals surface area contributed by atoms with Crippen LogP contribution in [0.4, 0.5) is 4.79 Å². The monoisotopic (exact) mass is 424 g/mol. The van der Waals surface area contributed by atoms with E-state index in [4.69, 9.17) is 9.84 Å². The summed E-state index contributed by atoms with van der Waals surface area (Å²) in [5.41, 5.74) is 4.50. The van der Waals surface area contributed by atoms with Crippen molar-refractivity contribution in [2.45, 2.75) is 51.1 Å². The van der Waals surface area contributed by atoms with Crippen LogP contribution >= 0.6 is 0 Å². The van der Waals surface area contributed by atoms with Gasteiger partial charge in [0, 0.05) is 12.0 Å². The second kappa shape index (κ2) is 10.1. The molecule has 1 aliphatic carbocycles. The van der Waals surface area contributed by atoms with Gasteiger partial charge in [0.1, 0.15) is 12.6 Å². The van der Waals surface area contributed by atoms with Crippen molar-refractivity contribution in [1.29, 1.82) is 0 Å². The van der Waals surface area contributed by atoms with Crippen LogP contribution in [-0.4, -0.2) is 41.8 Å². The van der Waals surface area contributed by atoms with Crippen molar-refractivity contribution < 1.29 is 24.2 Å². The first-order chi connectivity index (χ1) is 14.9. The van der Waals surface area contributed by atoms with Gasteiger partial charge in [-0.15, -0.1) is 0 Å². The summed E-state index contributed by atoms with van der Waals surface area (Å²) < 4.78 is 5.45. The number of alkyl carbamates (subject to hydrolysis) is 1. The number of hydrogen-bond donors (Lipinski definition) is 3. The van der Waals surface area contributed by atoms with Crippen LogP contribution in [0.1, 0.15) is 50.2 Å². The van der Waals surface area contributed by atoms with Crippen LogP contribution in [0.25, 0.3) is 11.1 Å². The van der Waals surface area contributed by atoms with E-state index in [1.165, 1.54) is 0 Å². The van der Waals surface area contributed by atoms with Gasteiger partial charge >= 0.3 is 12.1 Å². The zero-order chi connectivity index (χ0) is 22.4. The van der Waals surface area contributed by atoms with Crippen LogP contribution in [0.15, 0.2) is 48.5 Å². The fourth-order valence-corrected chi connectivity index (χ4v) is 3.99. The Hall–Kier alpha value is -3.35. The normalized spacial score (nSPS) is 14.1. The zero-order valence-corrected chi connectivity index (χ0v) is 17.8. The largest absolute Gasteiger partial charge is 0.481 e. The van der Waals surface area contributed by atoms with E-state index in [0.29, 0.717) is 6.42 Å². The van der Waals surface area contributed by atoms with Gasteiger partial charge in [-0.3, -0.25) is 9.59 Å². The summed E-state index contributed by atoms with van der Waals surface area (Å²) in [6.07, 6.45) is 0.453. The van der Waals surface area contributed by atoms with Crippen molar-refractivity contribution in [3.05, 3.63) is 59.7 Å². The smallest absolute Gasteiger partial charge is 0.407 e. The number of ether oxygens (including phenoxy) is 1. The van der Waals surface area contributed by atoms with E-state index in [1.807, 2.05) is 43.3 Å². The lowest BCUT2D eigenvalue weighted by Gasteiger charge is -2.20. The number of aliphatic carboxylic acids is 1. The van der Waals surface area contributed by atoms with E-state index in [9.17, 15) is 14.4 Å². The van der Waals surface area contributed by atoms with E-state index in [-0.39, 0.29) is 18.9 Å². The van der Waals surface area contributed by atoms with Gasteiger partial charge in [-0.1, -0.05) is 61.9 Å². The molecule has 0 aliphatic heterocycles. The topological polar surface area (TPSA) is 105 Å². The lowest BCUT2D eigenvalue weighted by atomic mass is 9.98. The predicted octanol–water partition coefficient (Wildman–Crippen LogP) is 3.67. The standard InChI is InChI=1S/C24H28N2O5/c1-3-8-16(13-22(27)28)26-23(29)15(2)25-24(30)31-14-21-19-11-6-4-9-17(19)18-10-5-7-12-20(18)21/h4-7,9-12,15-16,21H,3,8,13-14H2,1-2H3,(H,25,30)(H,26,29)(H,27,28)/t15-,16+/m0/s1. The van der Waals surface area contributed by atoms with Crippen LogP contribution in [0.3, 0.4) is 0 Å². The van der Waals surface area contributed by atoms with E-state index >= 15 is 0 Å². The first-order valence-corrected chi connectivity index (χ1v) is 10.5. The number of hydrogen-bond acceptors (Lipinski definition) is 4. The molecule has 0 fully saturated rings. The maximum Gasteiger partial charge on any atom is 0.407 e. The second-order valence-electron chi connectivity index (χ2n) is 7.78. The number of fused-ring (bicyclic) bond motifs is 3. The van der Waals surface area contributed by atoms with Crippen LogP contribution in [-0.2, 0) is 14.3 Å². The molecule has 2 aromatic rings. The van der Waals surface area contributed by atoms with Crippen LogP contribution in [0.2, 0.25) is 0 Å². The van der Waals surface area contributed by atoms with Gasteiger partial charge in [-0.25, -0.2) is 4.79 Å². The third-order valence-corrected chi connectivity index (χ3v) is 5.48. The lowest BCUT2D eigenvalue weighted by molar-refractivity contribution is -0.137. The minimum absolute atomic E-state index is 0.0632. The molecular formula is C24H28N2O5. The molecule has 7 nitrogen and oxygen atoms in total. The Bertz CT molecular complexity index is 913. The molecular weight excluding hydrogens is 396 g/mol. The van der Waals surface area contributed by atoms with Gasteiger partial charge in [-0.2, -0.15) is 0 Å². The van der Waals surface area contributed by atoms with Gasteiger partial charge < -0.3 is 20.5 Å². The zero-order valence-electron chi connectivity index (χ0n) is 17.8. The minimum atomic E-state index is -0.976. The van der Waals surface area contributed by atoms with Gasteiger partial charge in [0.2, 0.25) is 5.91 Å². The number of carboxylic acids is 1. The van der Waals surface area contributed by atoms with Gasteiger partial charge in [-0.05, 0) is 35.6 Å². The van der Waals surface area contributed by atoms with Crippen LogP contribution < -0.4 is 10.6 Å². The summed E-state index contributed by atoms with van der Waals surface area (Å²) in [4.78, 5) is 35.6. The van der Waals surface area contributed by atoms with Crippen LogP contribution in [0.5, 0.6) is 0 Å². The van der Waals surface area contributed by atoms with Crippen molar-refractivity contribution in [3.8, 4) is 11.1 Å². The van der Waals surface area contributed by atoms with E-state index in [2.05, 4.69) is 22.8 Å². The molecule has 2 aromatic carbocycles. The first kappa shape index (κ1) is 22.3. The number of carbonyl (C=O) groups is 3. The van der Waals surface area contributed by atoms with E-state index in [0.717, 1.165) is 28.7 Å². The molecule has 2 amide bonds. The summed E-state index contributed by atoms with van der Waals surface area (Å²) in [6, 6.07) is 14.8. The van der Waals surface area contributed by atoms with Crippen molar-refractivity contribution >= 4 is 18.0 Å². The maximum atomic E-state index is 12.4. The average Bonchev–Trinajstić information content (AvgIpc) is 3.06. The summed E-state index contributed by atoms with van der Waals surface area (Å²) in [6.45, 7) is 3.62. The quantitative estimate of drug-likeness (QED) is 0.570. The van der Waals surface area contributed by atoms with Crippen molar-refractivity contribution in [3.63, 3.8) is 0 Å². The molecule has 0 unspecified atom stereocenters. The molecule has 164 valence electrons. The van der Waals surface area contributed by atoms with Crippen molar-refractivity contribution in [2.24, 2.45) is 0 Å².